The molecule has 0 heterocycles. The lowest BCUT2D eigenvalue weighted by Gasteiger charge is -2.19. The van der Waals surface area contributed by atoms with Gasteiger partial charge >= 0.3 is 0 Å². The highest BCUT2D eigenvalue weighted by Gasteiger charge is 2.08. The maximum absolute atomic E-state index is 9.70. The van der Waals surface area contributed by atoms with Gasteiger partial charge in [0.25, 0.3) is 0 Å². The molecule has 0 aromatic carbocycles. The number of nitrogens with zero attached hydrogens (tertiary/aromatic N) is 1. The molecular weight excluding hydrogens is 194 g/mol. The van der Waals surface area contributed by atoms with Crippen LogP contribution in [0.15, 0.2) is 23.8 Å². The van der Waals surface area contributed by atoms with Gasteiger partial charge < -0.3 is 10.0 Å². The number of thioether (sulfide) groups is 1. The normalized spacial score (nSPS) is 14.3. The molecule has 0 bridgehead atoms. The van der Waals surface area contributed by atoms with E-state index in [1.807, 2.05) is 45.0 Å². The molecule has 1 unspecified atom stereocenters. The summed E-state index contributed by atoms with van der Waals surface area (Å²) in [7, 11) is 3.96. The number of hydrogen-bond donors (Lipinski definition) is 1. The second-order valence-electron chi connectivity index (χ2n) is 3.73. The third kappa shape index (κ3) is 5.35. The van der Waals surface area contributed by atoms with Crippen LogP contribution in [0.3, 0.4) is 0 Å². The molecule has 0 spiro atoms. The van der Waals surface area contributed by atoms with E-state index in [2.05, 4.69) is 6.58 Å². The molecule has 0 aromatic rings. The Morgan fingerprint density at radius 1 is 1.50 bits per heavy atom. The molecule has 2 nitrogen and oxygen atoms in total. The molecule has 0 radical (unpaired) electrons. The van der Waals surface area contributed by atoms with E-state index in [0.29, 0.717) is 0 Å². The van der Waals surface area contributed by atoms with Gasteiger partial charge in [0.1, 0.15) is 0 Å². The van der Waals surface area contributed by atoms with Crippen LogP contribution < -0.4 is 0 Å². The molecule has 82 valence electrons. The zero-order chi connectivity index (χ0) is 11.1. The number of hydrogen-bond acceptors (Lipinski definition) is 3. The maximum atomic E-state index is 9.70. The zero-order valence-electron chi connectivity index (χ0n) is 9.53. The SMILES string of the molecule is C=CCS/C(=C\C(O)C(C)C)N(C)C. The monoisotopic (exact) mass is 215 g/mol. The molecule has 0 fully saturated rings. The van der Waals surface area contributed by atoms with Gasteiger partial charge in [0.05, 0.1) is 11.1 Å². The first-order chi connectivity index (χ1) is 6.49. The average molecular weight is 215 g/mol. The van der Waals surface area contributed by atoms with Crippen molar-refractivity contribution >= 4 is 11.8 Å². The summed E-state index contributed by atoms with van der Waals surface area (Å²) in [6.45, 7) is 7.69. The first-order valence-electron chi connectivity index (χ1n) is 4.80. The van der Waals surface area contributed by atoms with Crippen LogP contribution in [0.4, 0.5) is 0 Å². The van der Waals surface area contributed by atoms with Crippen molar-refractivity contribution in [3.63, 3.8) is 0 Å². The van der Waals surface area contributed by atoms with Gasteiger partial charge in [0.2, 0.25) is 0 Å². The fourth-order valence-corrected chi connectivity index (χ4v) is 1.59. The Hall–Kier alpha value is -0.410. The van der Waals surface area contributed by atoms with Crippen LogP contribution in [0, 0.1) is 5.92 Å². The summed E-state index contributed by atoms with van der Waals surface area (Å²) in [6.07, 6.45) is 3.40. The van der Waals surface area contributed by atoms with Crippen LogP contribution >= 0.6 is 11.8 Å². The largest absolute Gasteiger partial charge is 0.389 e. The Balaban J connectivity index is 4.38. The quantitative estimate of drug-likeness (QED) is 0.688. The Morgan fingerprint density at radius 3 is 2.43 bits per heavy atom. The summed E-state index contributed by atoms with van der Waals surface area (Å²) in [5.41, 5.74) is 0. The van der Waals surface area contributed by atoms with Gasteiger partial charge in [-0.2, -0.15) is 0 Å². The Morgan fingerprint density at radius 2 is 2.07 bits per heavy atom. The predicted octanol–water partition coefficient (Wildman–Crippen LogP) is 2.33. The molecule has 0 amide bonds. The molecule has 1 N–H and O–H groups in total. The summed E-state index contributed by atoms with van der Waals surface area (Å²) >= 11 is 1.68. The Labute approximate surface area is 91.7 Å². The molecule has 1 atom stereocenters. The van der Waals surface area contributed by atoms with E-state index in [1.165, 1.54) is 0 Å². The van der Waals surface area contributed by atoms with Crippen LogP contribution in [0.5, 0.6) is 0 Å². The summed E-state index contributed by atoms with van der Waals surface area (Å²) < 4.78 is 0. The lowest BCUT2D eigenvalue weighted by Crippen LogP contribution is -2.16. The minimum atomic E-state index is -0.371. The van der Waals surface area contributed by atoms with Crippen molar-refractivity contribution in [2.24, 2.45) is 5.92 Å². The van der Waals surface area contributed by atoms with Crippen molar-refractivity contribution in [2.45, 2.75) is 20.0 Å². The molecule has 0 aliphatic carbocycles. The van der Waals surface area contributed by atoms with Crippen molar-refractivity contribution in [3.8, 4) is 0 Å². The lowest BCUT2D eigenvalue weighted by atomic mass is 10.1. The fourth-order valence-electron chi connectivity index (χ4n) is 0.809. The van der Waals surface area contributed by atoms with Crippen molar-refractivity contribution in [2.75, 3.05) is 19.8 Å². The molecule has 14 heavy (non-hydrogen) atoms. The van der Waals surface area contributed by atoms with Gasteiger partial charge in [-0.1, -0.05) is 19.9 Å². The van der Waals surface area contributed by atoms with Gasteiger partial charge in [0.15, 0.2) is 0 Å². The molecular formula is C11H21NOS. The number of aliphatic hydroxyl groups excluding tert-OH is 1. The fraction of sp³-hybridized carbons (Fsp3) is 0.636. The standard InChI is InChI=1S/C11H21NOS/c1-6-7-14-11(12(4)5)8-10(13)9(2)3/h6,8-10,13H,1,7H2,2-5H3/b11-8-. The van der Waals surface area contributed by atoms with Crippen LogP contribution in [-0.4, -0.2) is 36.0 Å². The van der Waals surface area contributed by atoms with Gasteiger partial charge in [-0.3, -0.25) is 0 Å². The highest BCUT2D eigenvalue weighted by Crippen LogP contribution is 2.19. The van der Waals surface area contributed by atoms with Crippen molar-refractivity contribution in [1.29, 1.82) is 0 Å². The third-order valence-corrected chi connectivity index (χ3v) is 2.99. The molecule has 0 aliphatic rings. The summed E-state index contributed by atoms with van der Waals surface area (Å²) in [5.74, 6) is 1.13. The summed E-state index contributed by atoms with van der Waals surface area (Å²) in [5, 5.41) is 10.8. The highest BCUT2D eigenvalue weighted by molar-refractivity contribution is 8.03. The third-order valence-electron chi connectivity index (χ3n) is 1.79. The molecule has 0 aromatic heterocycles. The summed E-state index contributed by atoms with van der Waals surface area (Å²) in [4.78, 5) is 2.01. The average Bonchev–Trinajstić information content (AvgIpc) is 2.10. The minimum absolute atomic E-state index is 0.259. The van der Waals surface area contributed by atoms with Crippen LogP contribution in [-0.2, 0) is 0 Å². The van der Waals surface area contributed by atoms with Gasteiger partial charge in [0, 0.05) is 19.8 Å². The predicted molar refractivity (Wildman–Crippen MR) is 65.3 cm³/mol. The van der Waals surface area contributed by atoms with E-state index >= 15 is 0 Å². The van der Waals surface area contributed by atoms with E-state index in [1.54, 1.807) is 11.8 Å². The van der Waals surface area contributed by atoms with Crippen molar-refractivity contribution < 1.29 is 5.11 Å². The molecule has 3 heteroatoms. The van der Waals surface area contributed by atoms with Crippen LogP contribution in [0.2, 0.25) is 0 Å². The first kappa shape index (κ1) is 13.6. The van der Waals surface area contributed by atoms with Crippen LogP contribution in [0.1, 0.15) is 13.8 Å². The maximum Gasteiger partial charge on any atom is 0.0771 e. The first-order valence-corrected chi connectivity index (χ1v) is 5.78. The highest BCUT2D eigenvalue weighted by atomic mass is 32.2. The van der Waals surface area contributed by atoms with Crippen molar-refractivity contribution in [1.82, 2.24) is 4.90 Å². The second-order valence-corrected chi connectivity index (χ2v) is 4.77. The molecule has 0 aliphatic heterocycles. The second kappa shape index (κ2) is 6.96. The Bertz CT molecular complexity index is 199. The lowest BCUT2D eigenvalue weighted by molar-refractivity contribution is 0.170. The van der Waals surface area contributed by atoms with E-state index in [4.69, 9.17) is 0 Å². The topological polar surface area (TPSA) is 23.5 Å². The number of aliphatic hydroxyl groups is 1. The van der Waals surface area contributed by atoms with Crippen molar-refractivity contribution in [3.05, 3.63) is 23.8 Å². The Kier molecular flexibility index (Phi) is 6.75. The van der Waals surface area contributed by atoms with Gasteiger partial charge in [-0.25, -0.2) is 0 Å². The summed E-state index contributed by atoms with van der Waals surface area (Å²) in [6, 6.07) is 0. The van der Waals surface area contributed by atoms with E-state index in [-0.39, 0.29) is 12.0 Å². The number of rotatable bonds is 6. The van der Waals surface area contributed by atoms with E-state index in [9.17, 15) is 5.11 Å². The van der Waals surface area contributed by atoms with E-state index < -0.39 is 0 Å². The van der Waals surface area contributed by atoms with Gasteiger partial charge in [-0.05, 0) is 12.0 Å². The van der Waals surface area contributed by atoms with E-state index in [0.717, 1.165) is 10.8 Å². The van der Waals surface area contributed by atoms with Crippen LogP contribution in [0.25, 0.3) is 0 Å². The molecule has 0 rings (SSSR count). The molecule has 0 saturated carbocycles. The smallest absolute Gasteiger partial charge is 0.0771 e. The van der Waals surface area contributed by atoms with Gasteiger partial charge in [-0.15, -0.1) is 18.3 Å². The zero-order valence-corrected chi connectivity index (χ0v) is 10.3. The minimum Gasteiger partial charge on any atom is -0.389 e. The molecule has 0 saturated heterocycles.